The maximum absolute atomic E-state index is 12.3. The summed E-state index contributed by atoms with van der Waals surface area (Å²) in [6.45, 7) is 0.795. The zero-order valence-corrected chi connectivity index (χ0v) is 15.2. The highest BCUT2D eigenvalue weighted by Gasteiger charge is 2.22. The number of hydrogen-bond acceptors (Lipinski definition) is 3. The number of hydrogen-bond donors (Lipinski definition) is 2. The zero-order chi connectivity index (χ0) is 18.2. The van der Waals surface area contributed by atoms with Gasteiger partial charge < -0.3 is 4.74 Å². The van der Waals surface area contributed by atoms with Crippen molar-refractivity contribution in [2.75, 3.05) is 6.61 Å². The van der Waals surface area contributed by atoms with E-state index in [1.165, 1.54) is 37.7 Å². The third kappa shape index (κ3) is 4.93. The SMILES string of the molecule is NNC(=O)C(COCc1ccccc1)c1cccc(C2CCCCC2)c1. The van der Waals surface area contributed by atoms with Crippen LogP contribution in [0.15, 0.2) is 54.6 Å². The molecule has 26 heavy (non-hydrogen) atoms. The molecule has 0 aliphatic heterocycles. The second-order valence-electron chi connectivity index (χ2n) is 7.07. The molecule has 1 unspecified atom stereocenters. The molecule has 3 rings (SSSR count). The molecule has 2 aromatic rings. The summed E-state index contributed by atoms with van der Waals surface area (Å²) in [5.74, 6) is 5.42. The van der Waals surface area contributed by atoms with E-state index in [0.717, 1.165) is 11.1 Å². The van der Waals surface area contributed by atoms with Crippen LogP contribution in [0, 0.1) is 0 Å². The molecule has 1 atom stereocenters. The summed E-state index contributed by atoms with van der Waals surface area (Å²) in [5, 5.41) is 0. The number of rotatable bonds is 7. The molecule has 4 nitrogen and oxygen atoms in total. The van der Waals surface area contributed by atoms with Gasteiger partial charge in [-0.15, -0.1) is 0 Å². The van der Waals surface area contributed by atoms with Gasteiger partial charge in [-0.05, 0) is 35.4 Å². The lowest BCUT2D eigenvalue weighted by Gasteiger charge is -2.23. The van der Waals surface area contributed by atoms with Gasteiger partial charge in [0.05, 0.1) is 19.1 Å². The largest absolute Gasteiger partial charge is 0.376 e. The first-order valence-corrected chi connectivity index (χ1v) is 9.50. The van der Waals surface area contributed by atoms with E-state index in [4.69, 9.17) is 10.6 Å². The van der Waals surface area contributed by atoms with Gasteiger partial charge in [0, 0.05) is 0 Å². The van der Waals surface area contributed by atoms with Crippen molar-refractivity contribution in [3.8, 4) is 0 Å². The average Bonchev–Trinajstić information content (AvgIpc) is 2.72. The van der Waals surface area contributed by atoms with E-state index in [0.29, 0.717) is 19.1 Å². The predicted molar refractivity (Wildman–Crippen MR) is 103 cm³/mol. The number of nitrogens with one attached hydrogen (secondary N) is 1. The Morgan fingerprint density at radius 2 is 1.85 bits per heavy atom. The van der Waals surface area contributed by atoms with Crippen LogP contribution < -0.4 is 11.3 Å². The van der Waals surface area contributed by atoms with Crippen LogP contribution in [0.3, 0.4) is 0 Å². The van der Waals surface area contributed by atoms with Gasteiger partial charge in [-0.25, -0.2) is 5.84 Å². The van der Waals surface area contributed by atoms with Crippen LogP contribution in [0.5, 0.6) is 0 Å². The molecule has 3 N–H and O–H groups in total. The minimum absolute atomic E-state index is 0.209. The summed E-state index contributed by atoms with van der Waals surface area (Å²) >= 11 is 0. The molecule has 1 aliphatic rings. The minimum Gasteiger partial charge on any atom is -0.376 e. The third-order valence-corrected chi connectivity index (χ3v) is 5.24. The van der Waals surface area contributed by atoms with Gasteiger partial charge in [-0.1, -0.05) is 73.9 Å². The first-order valence-electron chi connectivity index (χ1n) is 9.50. The molecule has 0 saturated heterocycles. The molecule has 1 fully saturated rings. The summed E-state index contributed by atoms with van der Waals surface area (Å²) in [5.41, 5.74) is 5.69. The highest BCUT2D eigenvalue weighted by molar-refractivity contribution is 5.83. The van der Waals surface area contributed by atoms with Crippen LogP contribution in [-0.2, 0) is 16.1 Å². The Bertz CT molecular complexity index is 696. The van der Waals surface area contributed by atoms with E-state index in [-0.39, 0.29) is 5.91 Å². The Morgan fingerprint density at radius 3 is 2.58 bits per heavy atom. The van der Waals surface area contributed by atoms with E-state index in [2.05, 4.69) is 17.6 Å². The number of carbonyl (C=O) groups is 1. The molecule has 138 valence electrons. The van der Waals surface area contributed by atoms with E-state index in [1.54, 1.807) is 0 Å². The summed E-state index contributed by atoms with van der Waals surface area (Å²) in [7, 11) is 0. The number of ether oxygens (including phenoxy) is 1. The van der Waals surface area contributed by atoms with Crippen molar-refractivity contribution < 1.29 is 9.53 Å². The van der Waals surface area contributed by atoms with Gasteiger partial charge in [0.2, 0.25) is 5.91 Å². The first kappa shape index (κ1) is 18.6. The van der Waals surface area contributed by atoms with Crippen molar-refractivity contribution in [3.05, 3.63) is 71.3 Å². The van der Waals surface area contributed by atoms with Crippen LogP contribution in [0.25, 0.3) is 0 Å². The highest BCUT2D eigenvalue weighted by atomic mass is 16.5. The summed E-state index contributed by atoms with van der Waals surface area (Å²) in [4.78, 5) is 12.3. The van der Waals surface area contributed by atoms with E-state index in [1.807, 2.05) is 42.5 Å². The lowest BCUT2D eigenvalue weighted by Crippen LogP contribution is -2.36. The Balaban J connectivity index is 1.69. The van der Waals surface area contributed by atoms with Crippen molar-refractivity contribution in [1.29, 1.82) is 0 Å². The molecule has 0 aromatic heterocycles. The molecule has 4 heteroatoms. The van der Waals surface area contributed by atoms with E-state index < -0.39 is 5.92 Å². The number of nitrogens with two attached hydrogens (primary N) is 1. The Labute approximate surface area is 155 Å². The van der Waals surface area contributed by atoms with Gasteiger partial charge in [0.25, 0.3) is 0 Å². The smallest absolute Gasteiger partial charge is 0.243 e. The topological polar surface area (TPSA) is 64.3 Å². The van der Waals surface area contributed by atoms with Gasteiger partial charge in [0.1, 0.15) is 0 Å². The first-order chi connectivity index (χ1) is 12.8. The Hall–Kier alpha value is -2.17. The fourth-order valence-electron chi connectivity index (χ4n) is 3.76. The van der Waals surface area contributed by atoms with Crippen LogP contribution in [-0.4, -0.2) is 12.5 Å². The van der Waals surface area contributed by atoms with Crippen molar-refractivity contribution >= 4 is 5.91 Å². The summed E-state index contributed by atoms with van der Waals surface area (Å²) in [6, 6.07) is 18.4. The fraction of sp³-hybridized carbons (Fsp3) is 0.409. The molecule has 1 amide bonds. The van der Waals surface area contributed by atoms with Crippen molar-refractivity contribution in [3.63, 3.8) is 0 Å². The normalized spacial score (nSPS) is 16.2. The Kier molecular flexibility index (Phi) is 6.81. The standard InChI is InChI=1S/C22H28N2O2/c23-24-22(25)21(16-26-15-17-8-3-1-4-9-17)20-13-7-12-19(14-20)18-10-5-2-6-11-18/h1,3-4,7-9,12-14,18,21H,2,5-6,10-11,15-16,23H2,(H,24,25). The molecule has 0 spiro atoms. The average molecular weight is 352 g/mol. The zero-order valence-electron chi connectivity index (χ0n) is 15.2. The maximum atomic E-state index is 12.3. The summed E-state index contributed by atoms with van der Waals surface area (Å²) in [6.07, 6.45) is 6.40. The van der Waals surface area contributed by atoms with E-state index in [9.17, 15) is 4.79 Å². The summed E-state index contributed by atoms with van der Waals surface area (Å²) < 4.78 is 5.83. The Morgan fingerprint density at radius 1 is 1.08 bits per heavy atom. The number of carbonyl (C=O) groups excluding carboxylic acids is 1. The van der Waals surface area contributed by atoms with Gasteiger partial charge in [-0.2, -0.15) is 0 Å². The molecular weight excluding hydrogens is 324 g/mol. The number of amides is 1. The van der Waals surface area contributed by atoms with Crippen LogP contribution in [0.4, 0.5) is 0 Å². The maximum Gasteiger partial charge on any atom is 0.243 e. The lowest BCUT2D eigenvalue weighted by atomic mass is 9.82. The van der Waals surface area contributed by atoms with Gasteiger partial charge >= 0.3 is 0 Å². The fourth-order valence-corrected chi connectivity index (χ4v) is 3.76. The quantitative estimate of drug-likeness (QED) is 0.449. The molecule has 1 aliphatic carbocycles. The lowest BCUT2D eigenvalue weighted by molar-refractivity contribution is -0.124. The molecule has 1 saturated carbocycles. The van der Waals surface area contributed by atoms with Crippen molar-refractivity contribution in [2.24, 2.45) is 5.84 Å². The molecular formula is C22H28N2O2. The highest BCUT2D eigenvalue weighted by Crippen LogP contribution is 2.33. The van der Waals surface area contributed by atoms with Crippen molar-refractivity contribution in [2.45, 2.75) is 50.5 Å². The predicted octanol–water partition coefficient (Wildman–Crippen LogP) is 4.02. The van der Waals surface area contributed by atoms with Crippen LogP contribution in [0.2, 0.25) is 0 Å². The second kappa shape index (κ2) is 9.51. The second-order valence-corrected chi connectivity index (χ2v) is 7.07. The molecule has 0 radical (unpaired) electrons. The number of hydrazine groups is 1. The monoisotopic (exact) mass is 352 g/mol. The molecule has 0 heterocycles. The minimum atomic E-state index is -0.396. The van der Waals surface area contributed by atoms with Crippen LogP contribution >= 0.6 is 0 Å². The number of benzene rings is 2. The third-order valence-electron chi connectivity index (χ3n) is 5.24. The van der Waals surface area contributed by atoms with E-state index >= 15 is 0 Å². The molecule has 0 bridgehead atoms. The van der Waals surface area contributed by atoms with Gasteiger partial charge in [0.15, 0.2) is 0 Å². The molecule has 2 aromatic carbocycles. The van der Waals surface area contributed by atoms with Crippen LogP contribution in [0.1, 0.15) is 60.6 Å². The van der Waals surface area contributed by atoms with Crippen molar-refractivity contribution in [1.82, 2.24) is 5.43 Å². The van der Waals surface area contributed by atoms with Gasteiger partial charge in [-0.3, -0.25) is 10.2 Å².